The van der Waals surface area contributed by atoms with Crippen LogP contribution in [-0.2, 0) is 17.2 Å². The lowest BCUT2D eigenvalue weighted by Crippen LogP contribution is -2.25. The van der Waals surface area contributed by atoms with Gasteiger partial charge in [-0.2, -0.15) is 4.98 Å². The summed E-state index contributed by atoms with van der Waals surface area (Å²) in [5, 5.41) is 6.92. The molecule has 3 aromatic rings. The number of benzene rings is 2. The molecule has 0 aliphatic carbocycles. The second kappa shape index (κ2) is 10.7. The molecule has 1 heterocycles. The van der Waals surface area contributed by atoms with E-state index in [2.05, 4.69) is 15.5 Å². The van der Waals surface area contributed by atoms with Gasteiger partial charge in [0.25, 0.3) is 5.91 Å². The molecule has 0 aliphatic heterocycles. The van der Waals surface area contributed by atoms with Gasteiger partial charge >= 0.3 is 0 Å². The molecule has 0 radical (unpaired) electrons. The number of amides is 1. The number of aromatic nitrogens is 2. The number of carbonyl (C=O) groups excluding carboxylic acids is 1. The largest absolute Gasteiger partial charge is 0.497 e. The zero-order chi connectivity index (χ0) is 21.3. The van der Waals surface area contributed by atoms with E-state index in [9.17, 15) is 9.00 Å². The minimum Gasteiger partial charge on any atom is -0.497 e. The molecule has 0 aliphatic rings. The summed E-state index contributed by atoms with van der Waals surface area (Å²) in [5.41, 5.74) is 1.34. The van der Waals surface area contributed by atoms with E-state index >= 15 is 0 Å². The van der Waals surface area contributed by atoms with Gasteiger partial charge in [0.1, 0.15) is 5.75 Å². The van der Waals surface area contributed by atoms with Gasteiger partial charge in [-0.3, -0.25) is 9.00 Å². The molecule has 30 heavy (non-hydrogen) atoms. The van der Waals surface area contributed by atoms with Crippen LogP contribution in [-0.4, -0.2) is 40.2 Å². The van der Waals surface area contributed by atoms with Crippen LogP contribution in [0.2, 0.25) is 0 Å². The highest BCUT2D eigenvalue weighted by Crippen LogP contribution is 2.20. The Morgan fingerprint density at radius 1 is 1.10 bits per heavy atom. The summed E-state index contributed by atoms with van der Waals surface area (Å²) < 4.78 is 22.2. The maximum absolute atomic E-state index is 12.3. The van der Waals surface area contributed by atoms with Gasteiger partial charge in [0.05, 0.1) is 28.4 Å². The molecule has 0 fully saturated rings. The second-order valence-electron chi connectivity index (χ2n) is 6.76. The summed E-state index contributed by atoms with van der Waals surface area (Å²) in [5.74, 6) is 1.75. The molecule has 1 N–H and O–H groups in total. The lowest BCUT2D eigenvalue weighted by Gasteiger charge is -2.08. The Hall–Kier alpha value is -3.00. The standard InChI is InChI=1S/C22H25N3O4S/c1-28-17-13-11-16(12-14-17)21-24-20(29-25-21)10-4-3-7-15-23-22(26)18-8-5-6-9-19(18)30(2)27/h5-6,8-9,11-14H,3-4,7,10,15H2,1-2H3,(H,23,26)/t30-/m1/s1. The maximum atomic E-state index is 12.3. The third kappa shape index (κ3) is 5.76. The zero-order valence-electron chi connectivity index (χ0n) is 17.1. The molecular formula is C22H25N3O4S. The number of hydrogen-bond donors (Lipinski definition) is 1. The first-order valence-corrected chi connectivity index (χ1v) is 11.3. The van der Waals surface area contributed by atoms with Crippen LogP contribution in [0.5, 0.6) is 5.75 Å². The quantitative estimate of drug-likeness (QED) is 0.497. The fourth-order valence-electron chi connectivity index (χ4n) is 2.99. The van der Waals surface area contributed by atoms with E-state index in [4.69, 9.17) is 9.26 Å². The molecule has 0 saturated carbocycles. The lowest BCUT2D eigenvalue weighted by molar-refractivity contribution is 0.0950. The highest BCUT2D eigenvalue weighted by atomic mass is 32.2. The van der Waals surface area contributed by atoms with Gasteiger partial charge in [-0.05, 0) is 49.2 Å². The Kier molecular flexibility index (Phi) is 7.73. The Morgan fingerprint density at radius 3 is 2.60 bits per heavy atom. The van der Waals surface area contributed by atoms with Crippen LogP contribution in [0, 0.1) is 0 Å². The first-order chi connectivity index (χ1) is 14.6. The first-order valence-electron chi connectivity index (χ1n) is 9.76. The fourth-order valence-corrected chi connectivity index (χ4v) is 3.73. The van der Waals surface area contributed by atoms with Gasteiger partial charge in [-0.1, -0.05) is 23.7 Å². The van der Waals surface area contributed by atoms with Crippen molar-refractivity contribution in [3.63, 3.8) is 0 Å². The Bertz CT molecular complexity index is 1000. The van der Waals surface area contributed by atoms with Gasteiger partial charge in [-0.25, -0.2) is 0 Å². The van der Waals surface area contributed by atoms with E-state index in [-0.39, 0.29) is 5.91 Å². The average molecular weight is 428 g/mol. The Morgan fingerprint density at radius 2 is 1.87 bits per heavy atom. The highest BCUT2D eigenvalue weighted by Gasteiger charge is 2.13. The molecule has 7 nitrogen and oxygen atoms in total. The summed E-state index contributed by atoms with van der Waals surface area (Å²) in [4.78, 5) is 17.3. The van der Waals surface area contributed by atoms with E-state index in [1.807, 2.05) is 24.3 Å². The number of rotatable bonds is 10. The van der Waals surface area contributed by atoms with Crippen LogP contribution in [0.25, 0.3) is 11.4 Å². The minimum atomic E-state index is -1.20. The second-order valence-corrected chi connectivity index (χ2v) is 8.11. The van der Waals surface area contributed by atoms with Crippen molar-refractivity contribution in [1.82, 2.24) is 15.5 Å². The van der Waals surface area contributed by atoms with Crippen molar-refractivity contribution in [3.05, 3.63) is 60.0 Å². The number of nitrogens with one attached hydrogen (secondary N) is 1. The van der Waals surface area contributed by atoms with E-state index in [1.165, 1.54) is 0 Å². The van der Waals surface area contributed by atoms with Crippen LogP contribution < -0.4 is 10.1 Å². The van der Waals surface area contributed by atoms with E-state index < -0.39 is 10.8 Å². The van der Waals surface area contributed by atoms with Crippen LogP contribution in [0.3, 0.4) is 0 Å². The molecule has 0 unspecified atom stereocenters. The predicted octanol–water partition coefficient (Wildman–Crippen LogP) is 3.63. The Labute approximate surface area is 178 Å². The number of hydrogen-bond acceptors (Lipinski definition) is 6. The van der Waals surface area contributed by atoms with Gasteiger partial charge in [0.15, 0.2) is 0 Å². The number of nitrogens with zero attached hydrogens (tertiary/aromatic N) is 2. The maximum Gasteiger partial charge on any atom is 0.252 e. The number of methoxy groups -OCH3 is 1. The molecule has 0 saturated heterocycles. The molecule has 1 aromatic heterocycles. The van der Waals surface area contributed by atoms with E-state index in [0.29, 0.717) is 35.1 Å². The number of aryl methyl sites for hydroxylation is 1. The minimum absolute atomic E-state index is 0.193. The summed E-state index contributed by atoms with van der Waals surface area (Å²) in [6, 6.07) is 14.5. The van der Waals surface area contributed by atoms with Gasteiger partial charge in [0.2, 0.25) is 11.7 Å². The fraction of sp³-hybridized carbons (Fsp3) is 0.318. The summed E-state index contributed by atoms with van der Waals surface area (Å²) in [7, 11) is 0.427. The molecule has 0 spiro atoms. The van der Waals surface area contributed by atoms with Crippen LogP contribution in [0.4, 0.5) is 0 Å². The van der Waals surface area contributed by atoms with Crippen molar-refractivity contribution in [2.24, 2.45) is 0 Å². The lowest BCUT2D eigenvalue weighted by atomic mass is 10.1. The highest BCUT2D eigenvalue weighted by molar-refractivity contribution is 7.84. The monoisotopic (exact) mass is 427 g/mol. The van der Waals surface area contributed by atoms with Gasteiger partial charge < -0.3 is 14.6 Å². The zero-order valence-corrected chi connectivity index (χ0v) is 17.9. The molecule has 1 atom stereocenters. The summed E-state index contributed by atoms with van der Waals surface area (Å²) in [6.07, 6.45) is 4.90. The van der Waals surface area contributed by atoms with Crippen molar-refractivity contribution in [3.8, 4) is 17.1 Å². The molecule has 2 aromatic carbocycles. The predicted molar refractivity (Wildman–Crippen MR) is 115 cm³/mol. The van der Waals surface area contributed by atoms with Crippen molar-refractivity contribution in [2.75, 3.05) is 19.9 Å². The summed E-state index contributed by atoms with van der Waals surface area (Å²) >= 11 is 0. The van der Waals surface area contributed by atoms with Crippen molar-refractivity contribution in [2.45, 2.75) is 30.6 Å². The van der Waals surface area contributed by atoms with E-state index in [0.717, 1.165) is 30.6 Å². The van der Waals surface area contributed by atoms with Crippen LogP contribution in [0.1, 0.15) is 35.5 Å². The molecule has 3 rings (SSSR count). The van der Waals surface area contributed by atoms with Crippen LogP contribution >= 0.6 is 0 Å². The smallest absolute Gasteiger partial charge is 0.252 e. The molecular weight excluding hydrogens is 402 g/mol. The number of unbranched alkanes of at least 4 members (excludes halogenated alkanes) is 2. The first kappa shape index (κ1) is 21.7. The molecule has 0 bridgehead atoms. The molecule has 1 amide bonds. The number of ether oxygens (including phenoxy) is 1. The van der Waals surface area contributed by atoms with Crippen molar-refractivity contribution < 1.29 is 18.3 Å². The topological polar surface area (TPSA) is 94.3 Å². The SMILES string of the molecule is COc1ccc(-c2noc(CCCCCNC(=O)c3ccccc3[S@@](C)=O)n2)cc1. The average Bonchev–Trinajstić information content (AvgIpc) is 3.25. The van der Waals surface area contributed by atoms with Crippen LogP contribution in [0.15, 0.2) is 57.9 Å². The normalized spacial score (nSPS) is 11.8. The van der Waals surface area contributed by atoms with Crippen molar-refractivity contribution in [1.29, 1.82) is 0 Å². The summed E-state index contributed by atoms with van der Waals surface area (Å²) in [6.45, 7) is 0.560. The Balaban J connectivity index is 1.39. The van der Waals surface area contributed by atoms with Gasteiger partial charge in [0, 0.05) is 24.8 Å². The molecule has 8 heteroatoms. The molecule has 158 valence electrons. The third-order valence-electron chi connectivity index (χ3n) is 4.61. The third-order valence-corrected chi connectivity index (χ3v) is 5.59. The van der Waals surface area contributed by atoms with Gasteiger partial charge in [-0.15, -0.1) is 0 Å². The van der Waals surface area contributed by atoms with E-state index in [1.54, 1.807) is 37.6 Å². The number of carbonyl (C=O) groups is 1. The van der Waals surface area contributed by atoms with Crippen molar-refractivity contribution >= 4 is 16.7 Å².